The van der Waals surface area contributed by atoms with Gasteiger partial charge in [0.1, 0.15) is 30.2 Å². The van der Waals surface area contributed by atoms with Crippen LogP contribution in [-0.2, 0) is 13.1 Å². The topological polar surface area (TPSA) is 38.8 Å². The molecule has 0 bridgehead atoms. The maximum Gasteiger partial charge on any atom is 0.258 e. The normalized spacial score (nSPS) is 12.5. The number of nitrogens with zero attached hydrogens (tertiary/aromatic N) is 2. The van der Waals surface area contributed by atoms with Crippen LogP contribution in [0.4, 0.5) is 4.39 Å². The number of quaternary nitrogens is 1. The number of pyridine rings is 1. The monoisotopic (exact) mass is 312 g/mol. The lowest BCUT2D eigenvalue weighted by Gasteiger charge is -2.14. The van der Waals surface area contributed by atoms with E-state index in [4.69, 9.17) is 0 Å². The molecule has 2 aromatic heterocycles. The van der Waals surface area contributed by atoms with E-state index in [0.29, 0.717) is 30.0 Å². The van der Waals surface area contributed by atoms with Gasteiger partial charge in [-0.25, -0.2) is 9.37 Å². The smallest absolute Gasteiger partial charge is 0.258 e. The highest BCUT2D eigenvalue weighted by molar-refractivity contribution is 5.39. The number of hydrogen-bond acceptors (Lipinski definition) is 2. The molecule has 0 saturated heterocycles. The van der Waals surface area contributed by atoms with Gasteiger partial charge in [-0.15, -0.1) is 0 Å². The van der Waals surface area contributed by atoms with Gasteiger partial charge in [-0.2, -0.15) is 0 Å². The van der Waals surface area contributed by atoms with Gasteiger partial charge >= 0.3 is 0 Å². The van der Waals surface area contributed by atoms with E-state index in [1.54, 1.807) is 28.8 Å². The molecule has 2 heterocycles. The first-order valence-electron chi connectivity index (χ1n) is 7.56. The van der Waals surface area contributed by atoms with E-state index in [1.165, 1.54) is 6.07 Å². The van der Waals surface area contributed by atoms with E-state index < -0.39 is 0 Å². The van der Waals surface area contributed by atoms with Crippen LogP contribution in [0.5, 0.6) is 0 Å². The predicted octanol–water partition coefficient (Wildman–Crippen LogP) is 1.36. The van der Waals surface area contributed by atoms with Crippen molar-refractivity contribution in [2.45, 2.75) is 20.0 Å². The summed E-state index contributed by atoms with van der Waals surface area (Å²) in [7, 11) is 1.96. The highest BCUT2D eigenvalue weighted by atomic mass is 19.1. The Morgan fingerprint density at radius 1 is 1.17 bits per heavy atom. The second kappa shape index (κ2) is 6.30. The molecule has 4 nitrogen and oxygen atoms in total. The van der Waals surface area contributed by atoms with Gasteiger partial charge in [0, 0.05) is 17.8 Å². The fourth-order valence-corrected chi connectivity index (χ4v) is 2.69. The lowest BCUT2D eigenvalue weighted by Crippen LogP contribution is -3.06. The Morgan fingerprint density at radius 3 is 2.74 bits per heavy atom. The first-order valence-corrected chi connectivity index (χ1v) is 7.56. The third-order valence-corrected chi connectivity index (χ3v) is 3.79. The second-order valence-corrected chi connectivity index (χ2v) is 5.92. The van der Waals surface area contributed by atoms with Crippen molar-refractivity contribution >= 4 is 5.65 Å². The SMILES string of the molecule is Cc1ccc2nc(C[NH+](C)Cc3ccccc3F)cc(=O)n2c1. The summed E-state index contributed by atoms with van der Waals surface area (Å²) in [4.78, 5) is 17.8. The van der Waals surface area contributed by atoms with E-state index >= 15 is 0 Å². The lowest BCUT2D eigenvalue weighted by atomic mass is 10.2. The summed E-state index contributed by atoms with van der Waals surface area (Å²) >= 11 is 0. The minimum absolute atomic E-state index is 0.0904. The Bertz CT molecular complexity index is 904. The van der Waals surface area contributed by atoms with Crippen molar-refractivity contribution in [3.8, 4) is 0 Å². The van der Waals surface area contributed by atoms with Gasteiger partial charge in [0.15, 0.2) is 0 Å². The second-order valence-electron chi connectivity index (χ2n) is 5.92. The Balaban J connectivity index is 1.82. The van der Waals surface area contributed by atoms with E-state index in [1.807, 2.05) is 32.2 Å². The molecular formula is C18H19FN3O+. The molecule has 23 heavy (non-hydrogen) atoms. The zero-order valence-electron chi connectivity index (χ0n) is 13.2. The highest BCUT2D eigenvalue weighted by Crippen LogP contribution is 2.05. The summed E-state index contributed by atoms with van der Waals surface area (Å²) in [6.45, 7) is 3.04. The molecule has 3 aromatic rings. The van der Waals surface area contributed by atoms with Gasteiger partial charge in [0.25, 0.3) is 5.56 Å². The molecule has 0 radical (unpaired) electrons. The Labute approximate surface area is 133 Å². The first kappa shape index (κ1) is 15.4. The summed E-state index contributed by atoms with van der Waals surface area (Å²) < 4.78 is 15.3. The molecule has 1 unspecified atom stereocenters. The molecule has 118 valence electrons. The van der Waals surface area contributed by atoms with E-state index in [2.05, 4.69) is 4.98 Å². The largest absolute Gasteiger partial charge is 0.329 e. The number of rotatable bonds is 4. The summed E-state index contributed by atoms with van der Waals surface area (Å²) in [5.74, 6) is -0.200. The van der Waals surface area contributed by atoms with Crippen molar-refractivity contribution in [3.05, 3.63) is 81.7 Å². The molecule has 0 aliphatic rings. The third-order valence-electron chi connectivity index (χ3n) is 3.79. The number of hydrogen-bond donors (Lipinski definition) is 1. The van der Waals surface area contributed by atoms with Crippen molar-refractivity contribution in [3.63, 3.8) is 0 Å². The van der Waals surface area contributed by atoms with Gasteiger partial charge in [0.2, 0.25) is 0 Å². The fraction of sp³-hybridized carbons (Fsp3) is 0.222. The minimum Gasteiger partial charge on any atom is -0.329 e. The van der Waals surface area contributed by atoms with E-state index in [9.17, 15) is 9.18 Å². The molecule has 0 saturated carbocycles. The predicted molar refractivity (Wildman–Crippen MR) is 86.9 cm³/mol. The van der Waals surface area contributed by atoms with Gasteiger partial charge < -0.3 is 4.90 Å². The Hall–Kier alpha value is -2.53. The van der Waals surface area contributed by atoms with Crippen molar-refractivity contribution in [2.75, 3.05) is 7.05 Å². The first-order chi connectivity index (χ1) is 11.0. The average Bonchev–Trinajstić information content (AvgIpc) is 2.50. The molecule has 1 aromatic carbocycles. The molecule has 5 heteroatoms. The zero-order valence-corrected chi connectivity index (χ0v) is 13.2. The molecule has 0 aliphatic heterocycles. The molecule has 0 amide bonds. The summed E-state index contributed by atoms with van der Waals surface area (Å²) in [6, 6.07) is 12.1. The Kier molecular flexibility index (Phi) is 4.21. The van der Waals surface area contributed by atoms with Gasteiger partial charge in [-0.1, -0.05) is 24.3 Å². The quantitative estimate of drug-likeness (QED) is 0.790. The molecule has 3 rings (SSSR count). The van der Waals surface area contributed by atoms with E-state index in [-0.39, 0.29) is 11.4 Å². The minimum atomic E-state index is -0.200. The van der Waals surface area contributed by atoms with Crippen molar-refractivity contribution in [1.82, 2.24) is 9.38 Å². The van der Waals surface area contributed by atoms with Crippen LogP contribution in [0.15, 0.2) is 53.5 Å². The van der Waals surface area contributed by atoms with Crippen LogP contribution in [-0.4, -0.2) is 16.4 Å². The molecular weight excluding hydrogens is 293 g/mol. The number of nitrogens with one attached hydrogen (secondary N) is 1. The highest BCUT2D eigenvalue weighted by Gasteiger charge is 2.11. The summed E-state index contributed by atoms with van der Waals surface area (Å²) in [6.07, 6.45) is 1.78. The maximum atomic E-state index is 13.7. The van der Waals surface area contributed by atoms with Crippen LogP contribution >= 0.6 is 0 Å². The molecule has 0 fully saturated rings. The van der Waals surface area contributed by atoms with Crippen LogP contribution in [0.3, 0.4) is 0 Å². The standard InChI is InChI=1S/C18H18FN3O/c1-13-7-8-17-20-15(9-18(23)22(17)10-13)12-21(2)11-14-5-3-4-6-16(14)19/h3-10H,11-12H2,1-2H3/p+1. The number of benzene rings is 1. The number of halogens is 1. The summed E-state index contributed by atoms with van der Waals surface area (Å²) in [5.41, 5.74) is 2.94. The van der Waals surface area contributed by atoms with Crippen LogP contribution in [0.25, 0.3) is 5.65 Å². The number of fused-ring (bicyclic) bond motifs is 1. The van der Waals surface area contributed by atoms with Gasteiger partial charge in [-0.3, -0.25) is 9.20 Å². The maximum absolute atomic E-state index is 13.7. The van der Waals surface area contributed by atoms with Crippen molar-refractivity contribution in [2.24, 2.45) is 0 Å². The lowest BCUT2D eigenvalue weighted by molar-refractivity contribution is -0.908. The van der Waals surface area contributed by atoms with Crippen molar-refractivity contribution in [1.29, 1.82) is 0 Å². The van der Waals surface area contributed by atoms with Gasteiger partial charge in [0.05, 0.1) is 7.05 Å². The van der Waals surface area contributed by atoms with Crippen LogP contribution in [0, 0.1) is 12.7 Å². The van der Waals surface area contributed by atoms with Gasteiger partial charge in [-0.05, 0) is 24.6 Å². The Morgan fingerprint density at radius 2 is 1.96 bits per heavy atom. The summed E-state index contributed by atoms with van der Waals surface area (Å²) in [5, 5.41) is 0. The average molecular weight is 312 g/mol. The fourth-order valence-electron chi connectivity index (χ4n) is 2.69. The number of aromatic nitrogens is 2. The van der Waals surface area contributed by atoms with E-state index in [0.717, 1.165) is 10.5 Å². The van der Waals surface area contributed by atoms with Crippen LogP contribution in [0.2, 0.25) is 0 Å². The molecule has 0 spiro atoms. The van der Waals surface area contributed by atoms with Crippen molar-refractivity contribution < 1.29 is 9.29 Å². The third kappa shape index (κ3) is 3.46. The van der Waals surface area contributed by atoms with Crippen LogP contribution in [0.1, 0.15) is 16.8 Å². The van der Waals surface area contributed by atoms with Crippen LogP contribution < -0.4 is 10.5 Å². The molecule has 1 atom stereocenters. The number of aryl methyl sites for hydroxylation is 1. The molecule has 1 N–H and O–H groups in total. The zero-order chi connectivity index (χ0) is 16.4. The molecule has 0 aliphatic carbocycles.